The van der Waals surface area contributed by atoms with Crippen molar-refractivity contribution in [3.63, 3.8) is 0 Å². The van der Waals surface area contributed by atoms with E-state index in [4.69, 9.17) is 4.74 Å². The van der Waals surface area contributed by atoms with Crippen LogP contribution in [0.25, 0.3) is 0 Å². The first-order valence-electron chi connectivity index (χ1n) is 8.20. The van der Waals surface area contributed by atoms with E-state index in [1.165, 1.54) is 6.07 Å². The fraction of sp³-hybridized carbons (Fsp3) is 0.333. The summed E-state index contributed by atoms with van der Waals surface area (Å²) in [6.45, 7) is 3.58. The molecule has 0 saturated carbocycles. The van der Waals surface area contributed by atoms with Gasteiger partial charge in [-0.15, -0.1) is 24.0 Å². The van der Waals surface area contributed by atoms with Gasteiger partial charge in [0, 0.05) is 12.7 Å². The molecule has 9 heteroatoms. The van der Waals surface area contributed by atoms with Gasteiger partial charge in [-0.2, -0.15) is 13.2 Å². The van der Waals surface area contributed by atoms with Crippen molar-refractivity contribution < 1.29 is 17.9 Å². The fourth-order valence-electron chi connectivity index (χ4n) is 2.13. The van der Waals surface area contributed by atoms with E-state index >= 15 is 0 Å². The molecule has 0 fully saturated rings. The SMILES string of the molecule is CCNC(=NCc1cccc(C(F)(F)F)c1)NCCOc1cccnc1.I. The Hall–Kier alpha value is -2.04. The molecule has 0 aliphatic heterocycles. The van der Waals surface area contributed by atoms with Crippen LogP contribution in [0.3, 0.4) is 0 Å². The molecule has 0 atom stereocenters. The molecule has 148 valence electrons. The van der Waals surface area contributed by atoms with Crippen LogP contribution in [0.5, 0.6) is 5.75 Å². The molecule has 27 heavy (non-hydrogen) atoms. The van der Waals surface area contributed by atoms with Crippen LogP contribution in [0.2, 0.25) is 0 Å². The lowest BCUT2D eigenvalue weighted by Gasteiger charge is -2.12. The number of ether oxygens (including phenoxy) is 1. The Balaban J connectivity index is 0.00000364. The van der Waals surface area contributed by atoms with Crippen LogP contribution in [0.15, 0.2) is 53.8 Å². The molecular formula is C18H22F3IN4O. The molecular weight excluding hydrogens is 472 g/mol. The third kappa shape index (κ3) is 8.46. The first kappa shape index (κ1) is 23.0. The second-order valence-corrected chi connectivity index (χ2v) is 5.36. The first-order chi connectivity index (χ1) is 12.5. The molecule has 0 radical (unpaired) electrons. The molecule has 1 aromatic carbocycles. The summed E-state index contributed by atoms with van der Waals surface area (Å²) in [5.41, 5.74) is -0.184. The van der Waals surface area contributed by atoms with E-state index in [0.717, 1.165) is 12.1 Å². The van der Waals surface area contributed by atoms with Crippen LogP contribution in [-0.4, -0.2) is 30.6 Å². The molecule has 2 aromatic rings. The summed E-state index contributed by atoms with van der Waals surface area (Å²) in [5, 5.41) is 6.12. The molecule has 0 aliphatic rings. The first-order valence-corrected chi connectivity index (χ1v) is 8.20. The lowest BCUT2D eigenvalue weighted by molar-refractivity contribution is -0.137. The zero-order valence-electron chi connectivity index (χ0n) is 14.8. The number of benzene rings is 1. The summed E-state index contributed by atoms with van der Waals surface area (Å²) < 4.78 is 43.8. The molecule has 0 aliphatic carbocycles. The van der Waals surface area contributed by atoms with Gasteiger partial charge in [0.15, 0.2) is 5.96 Å². The summed E-state index contributed by atoms with van der Waals surface area (Å²) in [6, 6.07) is 8.75. The maximum Gasteiger partial charge on any atom is 0.416 e. The molecule has 5 nitrogen and oxygen atoms in total. The number of hydrogen-bond acceptors (Lipinski definition) is 3. The van der Waals surface area contributed by atoms with Crippen molar-refractivity contribution in [3.8, 4) is 5.75 Å². The van der Waals surface area contributed by atoms with Crippen LogP contribution in [-0.2, 0) is 12.7 Å². The number of aliphatic imine (C=N–C) groups is 1. The second kappa shape index (κ2) is 11.6. The van der Waals surface area contributed by atoms with E-state index in [-0.39, 0.29) is 30.5 Å². The number of rotatable bonds is 7. The fourth-order valence-corrected chi connectivity index (χ4v) is 2.13. The number of guanidine groups is 1. The van der Waals surface area contributed by atoms with Gasteiger partial charge in [-0.05, 0) is 36.8 Å². The number of nitrogens with zero attached hydrogens (tertiary/aromatic N) is 2. The molecule has 0 unspecified atom stereocenters. The highest BCUT2D eigenvalue weighted by atomic mass is 127. The van der Waals surface area contributed by atoms with Gasteiger partial charge < -0.3 is 15.4 Å². The van der Waals surface area contributed by atoms with Crippen LogP contribution >= 0.6 is 24.0 Å². The second-order valence-electron chi connectivity index (χ2n) is 5.36. The highest BCUT2D eigenvalue weighted by Crippen LogP contribution is 2.29. The van der Waals surface area contributed by atoms with E-state index in [9.17, 15) is 13.2 Å². The van der Waals surface area contributed by atoms with Gasteiger partial charge in [-0.1, -0.05) is 12.1 Å². The Morgan fingerprint density at radius 1 is 1.19 bits per heavy atom. The van der Waals surface area contributed by atoms with Gasteiger partial charge >= 0.3 is 6.18 Å². The van der Waals surface area contributed by atoms with E-state index in [1.54, 1.807) is 30.6 Å². The highest BCUT2D eigenvalue weighted by molar-refractivity contribution is 14.0. The van der Waals surface area contributed by atoms with Crippen molar-refractivity contribution in [2.45, 2.75) is 19.6 Å². The Labute approximate surface area is 173 Å². The average molecular weight is 494 g/mol. The topological polar surface area (TPSA) is 58.5 Å². The van der Waals surface area contributed by atoms with Crippen LogP contribution in [0, 0.1) is 0 Å². The molecule has 0 bridgehead atoms. The number of hydrogen-bond donors (Lipinski definition) is 2. The van der Waals surface area contributed by atoms with Gasteiger partial charge in [0.05, 0.1) is 24.8 Å². The molecule has 1 heterocycles. The molecule has 0 amide bonds. The Morgan fingerprint density at radius 2 is 2.00 bits per heavy atom. The van der Waals surface area contributed by atoms with E-state index in [2.05, 4.69) is 20.6 Å². The zero-order valence-corrected chi connectivity index (χ0v) is 17.1. The summed E-state index contributed by atoms with van der Waals surface area (Å²) in [7, 11) is 0. The van der Waals surface area contributed by atoms with Crippen LogP contribution < -0.4 is 15.4 Å². The number of alkyl halides is 3. The smallest absolute Gasteiger partial charge is 0.416 e. The normalized spacial score (nSPS) is 11.5. The number of nitrogens with one attached hydrogen (secondary N) is 2. The Morgan fingerprint density at radius 3 is 2.67 bits per heavy atom. The lowest BCUT2D eigenvalue weighted by Crippen LogP contribution is -2.39. The summed E-state index contributed by atoms with van der Waals surface area (Å²) in [5.74, 6) is 1.18. The third-order valence-corrected chi connectivity index (χ3v) is 3.32. The lowest BCUT2D eigenvalue weighted by atomic mass is 10.1. The zero-order chi connectivity index (χ0) is 18.8. The number of halogens is 4. The largest absolute Gasteiger partial charge is 0.490 e. The third-order valence-electron chi connectivity index (χ3n) is 3.32. The van der Waals surface area contributed by atoms with Crippen molar-refractivity contribution in [1.82, 2.24) is 15.6 Å². The van der Waals surface area contributed by atoms with Gasteiger partial charge in [0.2, 0.25) is 0 Å². The standard InChI is InChI=1S/C18H21F3N4O.HI/c1-2-23-17(24-9-10-26-16-7-4-8-22-13-16)25-12-14-5-3-6-15(11-14)18(19,20)21;/h3-8,11,13H,2,9-10,12H2,1H3,(H2,23,24,25);1H. The number of aromatic nitrogens is 1. The van der Waals surface area contributed by atoms with E-state index in [0.29, 0.717) is 37.0 Å². The minimum Gasteiger partial charge on any atom is -0.490 e. The minimum atomic E-state index is -4.36. The van der Waals surface area contributed by atoms with E-state index < -0.39 is 11.7 Å². The van der Waals surface area contributed by atoms with Crippen LogP contribution in [0.1, 0.15) is 18.1 Å². The molecule has 1 aromatic heterocycles. The average Bonchev–Trinajstić information content (AvgIpc) is 2.63. The predicted octanol–water partition coefficient (Wildman–Crippen LogP) is 3.85. The van der Waals surface area contributed by atoms with Crippen molar-refractivity contribution >= 4 is 29.9 Å². The van der Waals surface area contributed by atoms with Gasteiger partial charge in [-0.3, -0.25) is 4.98 Å². The molecule has 2 N–H and O–H groups in total. The van der Waals surface area contributed by atoms with Crippen molar-refractivity contribution in [2.24, 2.45) is 4.99 Å². The van der Waals surface area contributed by atoms with Crippen molar-refractivity contribution in [2.75, 3.05) is 19.7 Å². The van der Waals surface area contributed by atoms with E-state index in [1.807, 2.05) is 6.92 Å². The highest BCUT2D eigenvalue weighted by Gasteiger charge is 2.30. The summed E-state index contributed by atoms with van der Waals surface area (Å²) in [4.78, 5) is 8.26. The maximum absolute atomic E-state index is 12.8. The maximum atomic E-state index is 12.8. The minimum absolute atomic E-state index is 0. The monoisotopic (exact) mass is 494 g/mol. The van der Waals surface area contributed by atoms with Gasteiger partial charge in [0.1, 0.15) is 12.4 Å². The molecule has 2 rings (SSSR count). The van der Waals surface area contributed by atoms with Gasteiger partial charge in [0.25, 0.3) is 0 Å². The Kier molecular flexibility index (Phi) is 9.90. The van der Waals surface area contributed by atoms with Crippen molar-refractivity contribution in [1.29, 1.82) is 0 Å². The van der Waals surface area contributed by atoms with Crippen LogP contribution in [0.4, 0.5) is 13.2 Å². The summed E-state index contributed by atoms with van der Waals surface area (Å²) in [6.07, 6.45) is -1.08. The molecule has 0 saturated heterocycles. The number of pyridine rings is 1. The van der Waals surface area contributed by atoms with Crippen molar-refractivity contribution in [3.05, 3.63) is 59.9 Å². The summed E-state index contributed by atoms with van der Waals surface area (Å²) >= 11 is 0. The van der Waals surface area contributed by atoms with Gasteiger partial charge in [-0.25, -0.2) is 4.99 Å². The quantitative estimate of drug-likeness (QED) is 0.266. The Bertz CT molecular complexity index is 711. The molecule has 0 spiro atoms. The predicted molar refractivity (Wildman–Crippen MR) is 109 cm³/mol.